The summed E-state index contributed by atoms with van der Waals surface area (Å²) < 4.78 is 0. The maximum absolute atomic E-state index is 2.38. The van der Waals surface area contributed by atoms with E-state index in [2.05, 4.69) is 39.5 Å². The van der Waals surface area contributed by atoms with Crippen molar-refractivity contribution >= 4 is 19.8 Å². The fourth-order valence-corrected chi connectivity index (χ4v) is 7.87. The Kier molecular flexibility index (Phi) is 6.44. The van der Waals surface area contributed by atoms with Gasteiger partial charge in [0.05, 0.1) is 8.07 Å². The Bertz CT molecular complexity index is 81.3. The van der Waals surface area contributed by atoms with E-state index in [9.17, 15) is 0 Å². The number of rotatable bonds is 6. The van der Waals surface area contributed by atoms with Gasteiger partial charge < -0.3 is 0 Å². The highest BCUT2D eigenvalue weighted by Crippen LogP contribution is 2.24. The largest absolute Gasteiger partial charge is 0.165 e. The Balaban J connectivity index is 3.84. The Morgan fingerprint density at radius 3 is 1.64 bits per heavy atom. The summed E-state index contributed by atoms with van der Waals surface area (Å²) in [5.41, 5.74) is 0. The van der Waals surface area contributed by atoms with Crippen molar-refractivity contribution in [3.8, 4) is 0 Å². The molecule has 0 aliphatic heterocycles. The summed E-state index contributed by atoms with van der Waals surface area (Å²) in [7, 11) is -0.775. The summed E-state index contributed by atoms with van der Waals surface area (Å²) in [5, 5.41) is 1.49. The molecule has 0 N–H and O–H groups in total. The molecule has 0 aromatic carbocycles. The molecule has 0 rings (SSSR count). The van der Waals surface area contributed by atoms with E-state index in [4.69, 9.17) is 0 Å². The third kappa shape index (κ3) is 3.65. The van der Waals surface area contributed by atoms with Crippen molar-refractivity contribution in [2.75, 3.05) is 11.1 Å². The maximum Gasteiger partial charge on any atom is 0.0631 e. The second-order valence-electron chi connectivity index (χ2n) is 3.20. The first kappa shape index (κ1) is 11.6. The van der Waals surface area contributed by atoms with Gasteiger partial charge in [0.15, 0.2) is 0 Å². The summed E-state index contributed by atoms with van der Waals surface area (Å²) in [6.45, 7) is 9.42. The molecule has 0 spiro atoms. The smallest absolute Gasteiger partial charge is 0.0631 e. The molecule has 0 saturated heterocycles. The van der Waals surface area contributed by atoms with Gasteiger partial charge in [-0.3, -0.25) is 0 Å². The van der Waals surface area contributed by atoms with Gasteiger partial charge in [0.1, 0.15) is 0 Å². The number of hydrogen-bond donors (Lipinski definition) is 0. The van der Waals surface area contributed by atoms with E-state index in [-0.39, 0.29) is 0 Å². The molecule has 0 heterocycles. The van der Waals surface area contributed by atoms with Gasteiger partial charge in [-0.1, -0.05) is 45.8 Å². The predicted octanol–water partition coefficient (Wildman–Crippen LogP) is 3.79. The van der Waals surface area contributed by atoms with Crippen LogP contribution in [-0.2, 0) is 0 Å². The van der Waals surface area contributed by atoms with Crippen LogP contribution in [0.25, 0.3) is 0 Å². The van der Waals surface area contributed by atoms with Crippen molar-refractivity contribution in [3.63, 3.8) is 0 Å². The Morgan fingerprint density at radius 2 is 1.36 bits per heavy atom. The highest BCUT2D eigenvalue weighted by Gasteiger charge is 2.25. The maximum atomic E-state index is 2.38. The molecule has 68 valence electrons. The normalized spacial score (nSPS) is 12.0. The summed E-state index contributed by atoms with van der Waals surface area (Å²) in [5.74, 6) is 1.30. The van der Waals surface area contributed by atoms with E-state index < -0.39 is 8.07 Å². The van der Waals surface area contributed by atoms with Crippen LogP contribution in [0.4, 0.5) is 0 Å². The molecule has 0 fully saturated rings. The fourth-order valence-electron chi connectivity index (χ4n) is 1.37. The molecule has 11 heavy (non-hydrogen) atoms. The van der Waals surface area contributed by atoms with Crippen molar-refractivity contribution < 1.29 is 0 Å². The van der Waals surface area contributed by atoms with Crippen LogP contribution < -0.4 is 0 Å². The van der Waals surface area contributed by atoms with E-state index in [1.165, 1.54) is 29.3 Å². The van der Waals surface area contributed by atoms with E-state index in [1.54, 1.807) is 0 Å². The molecular weight excluding hydrogens is 168 g/mol. The van der Waals surface area contributed by atoms with Gasteiger partial charge in [0.2, 0.25) is 0 Å². The third-order valence-corrected chi connectivity index (χ3v) is 11.0. The van der Waals surface area contributed by atoms with Gasteiger partial charge >= 0.3 is 0 Å². The average molecular weight is 190 g/mol. The summed E-state index contributed by atoms with van der Waals surface area (Å²) in [4.78, 5) is 0. The minimum atomic E-state index is -0.775. The van der Waals surface area contributed by atoms with E-state index in [1.807, 2.05) is 0 Å². The molecule has 0 unspecified atom stereocenters. The van der Waals surface area contributed by atoms with Crippen molar-refractivity contribution in [2.45, 2.75) is 45.8 Å². The topological polar surface area (TPSA) is 0 Å². The number of hydrogen-bond acceptors (Lipinski definition) is 1. The quantitative estimate of drug-likeness (QED) is 0.574. The van der Waals surface area contributed by atoms with Gasteiger partial charge in [-0.05, 0) is 11.1 Å². The van der Waals surface area contributed by atoms with Crippen LogP contribution >= 0.6 is 11.8 Å². The molecule has 0 aromatic rings. The van der Waals surface area contributed by atoms with Crippen LogP contribution in [-0.4, -0.2) is 19.2 Å². The SMILES string of the molecule is CCSC[Si](CC)(CC)CC. The molecular formula is C9H22SSi. The van der Waals surface area contributed by atoms with Crippen LogP contribution in [0.1, 0.15) is 27.7 Å². The highest BCUT2D eigenvalue weighted by atomic mass is 32.2. The Morgan fingerprint density at radius 1 is 0.909 bits per heavy atom. The molecule has 0 radical (unpaired) electrons. The van der Waals surface area contributed by atoms with Crippen LogP contribution in [0.2, 0.25) is 18.1 Å². The summed E-state index contributed by atoms with van der Waals surface area (Å²) in [6.07, 6.45) is 0. The molecule has 0 saturated carbocycles. The van der Waals surface area contributed by atoms with Crippen LogP contribution in [0.3, 0.4) is 0 Å². The molecule has 0 bridgehead atoms. The second-order valence-corrected chi connectivity index (χ2v) is 10.5. The summed E-state index contributed by atoms with van der Waals surface area (Å²) in [6, 6.07) is 4.44. The van der Waals surface area contributed by atoms with Gasteiger partial charge in [0.25, 0.3) is 0 Å². The van der Waals surface area contributed by atoms with Crippen molar-refractivity contribution in [1.29, 1.82) is 0 Å². The van der Waals surface area contributed by atoms with Gasteiger partial charge in [-0.25, -0.2) is 0 Å². The minimum absolute atomic E-state index is 0.775. The first-order chi connectivity index (χ1) is 5.24. The van der Waals surface area contributed by atoms with Crippen LogP contribution in [0.5, 0.6) is 0 Å². The summed E-state index contributed by atoms with van der Waals surface area (Å²) >= 11 is 2.15. The second kappa shape index (κ2) is 6.12. The fraction of sp³-hybridized carbons (Fsp3) is 1.00. The Hall–Kier alpha value is 0.567. The number of thioether (sulfide) groups is 1. The van der Waals surface area contributed by atoms with Gasteiger partial charge in [-0.15, -0.1) is 0 Å². The zero-order chi connectivity index (χ0) is 8.74. The van der Waals surface area contributed by atoms with Crippen LogP contribution in [0, 0.1) is 0 Å². The standard InChI is InChI=1S/C9H22SSi/c1-5-10-9-11(6-2,7-3)8-4/h5-9H2,1-4H3. The molecule has 0 atom stereocenters. The van der Waals surface area contributed by atoms with Crippen molar-refractivity contribution in [1.82, 2.24) is 0 Å². The van der Waals surface area contributed by atoms with Crippen molar-refractivity contribution in [2.24, 2.45) is 0 Å². The lowest BCUT2D eigenvalue weighted by Crippen LogP contribution is -2.35. The molecule has 0 amide bonds. The van der Waals surface area contributed by atoms with Gasteiger partial charge in [0, 0.05) is 0 Å². The predicted molar refractivity (Wildman–Crippen MR) is 60.2 cm³/mol. The molecule has 0 nitrogen and oxygen atoms in total. The molecule has 0 aliphatic rings. The zero-order valence-corrected chi connectivity index (χ0v) is 10.3. The zero-order valence-electron chi connectivity index (χ0n) is 8.44. The van der Waals surface area contributed by atoms with E-state index in [0.29, 0.717) is 0 Å². The Labute approximate surface area is 77.2 Å². The van der Waals surface area contributed by atoms with Gasteiger partial charge in [-0.2, -0.15) is 11.8 Å². The van der Waals surface area contributed by atoms with Crippen molar-refractivity contribution in [3.05, 3.63) is 0 Å². The lowest BCUT2D eigenvalue weighted by molar-refractivity contribution is 1.17. The van der Waals surface area contributed by atoms with E-state index in [0.717, 1.165) is 0 Å². The first-order valence-electron chi connectivity index (χ1n) is 4.82. The minimum Gasteiger partial charge on any atom is -0.165 e. The lowest BCUT2D eigenvalue weighted by atomic mass is 10.9. The average Bonchev–Trinajstić information content (AvgIpc) is 2.08. The van der Waals surface area contributed by atoms with E-state index >= 15 is 0 Å². The third-order valence-electron chi connectivity index (χ3n) is 2.86. The highest BCUT2D eigenvalue weighted by molar-refractivity contribution is 8.00. The van der Waals surface area contributed by atoms with Crippen LogP contribution in [0.15, 0.2) is 0 Å². The first-order valence-corrected chi connectivity index (χ1v) is 8.80. The molecule has 0 aromatic heterocycles. The molecule has 0 aliphatic carbocycles. The monoisotopic (exact) mass is 190 g/mol. The molecule has 2 heteroatoms. The lowest BCUT2D eigenvalue weighted by Gasteiger charge is -2.27.